The third-order valence-corrected chi connectivity index (χ3v) is 2.79. The van der Waals surface area contributed by atoms with Gasteiger partial charge >= 0.3 is 11.9 Å². The molecule has 0 fully saturated rings. The van der Waals surface area contributed by atoms with E-state index in [0.29, 0.717) is 18.0 Å². The van der Waals surface area contributed by atoms with Gasteiger partial charge in [-0.3, -0.25) is 10.1 Å². The van der Waals surface area contributed by atoms with Crippen molar-refractivity contribution in [3.05, 3.63) is 59.3 Å². The van der Waals surface area contributed by atoms with Crippen LogP contribution >= 0.6 is 0 Å². The van der Waals surface area contributed by atoms with Crippen LogP contribution in [0.4, 0.5) is 11.5 Å². The third-order valence-electron chi connectivity index (χ3n) is 2.79. The Morgan fingerprint density at radius 3 is 2.42 bits per heavy atom. The molecule has 0 spiro atoms. The Kier molecular flexibility index (Phi) is 8.51. The fourth-order valence-electron chi connectivity index (χ4n) is 1.64. The Balaban J connectivity index is 0.000000359. The number of aryl methyl sites for hydroxylation is 1. The van der Waals surface area contributed by atoms with E-state index in [0.717, 1.165) is 19.5 Å². The molecule has 0 atom stereocenters. The van der Waals surface area contributed by atoms with E-state index in [1.54, 1.807) is 18.6 Å². The highest BCUT2D eigenvalue weighted by Gasteiger charge is 2.04. The average Bonchev–Trinajstić information content (AvgIpc) is 3.11. The molecule has 0 aliphatic heterocycles. The second-order valence-corrected chi connectivity index (χ2v) is 4.75. The van der Waals surface area contributed by atoms with Crippen molar-refractivity contribution < 1.29 is 24.7 Å². The number of aromatic nitrogens is 3. The van der Waals surface area contributed by atoms with Crippen LogP contribution in [-0.4, -0.2) is 48.2 Å². The SMILES string of the molecule is O=C(O)/C=C\C(=O)O.O=[N+]([O-])c1ccc(NCCCn2ccnc2)nc1. The van der Waals surface area contributed by atoms with Crippen molar-refractivity contribution in [2.75, 3.05) is 11.9 Å². The minimum Gasteiger partial charge on any atom is -0.478 e. The molecule has 11 nitrogen and oxygen atoms in total. The summed E-state index contributed by atoms with van der Waals surface area (Å²) in [6, 6.07) is 3.04. The number of hydrogen-bond acceptors (Lipinski definition) is 7. The van der Waals surface area contributed by atoms with E-state index in [1.165, 1.54) is 12.3 Å². The third kappa shape index (κ3) is 8.76. The molecule has 2 aromatic heterocycles. The number of pyridine rings is 1. The normalized spacial score (nSPS) is 10.0. The molecule has 0 radical (unpaired) electrons. The molecule has 11 heteroatoms. The molecule has 0 saturated carbocycles. The molecule has 138 valence electrons. The first kappa shape index (κ1) is 20.3. The highest BCUT2D eigenvalue weighted by Crippen LogP contribution is 2.11. The zero-order valence-corrected chi connectivity index (χ0v) is 13.6. The molecule has 0 aromatic carbocycles. The Morgan fingerprint density at radius 1 is 1.27 bits per heavy atom. The monoisotopic (exact) mass is 363 g/mol. The van der Waals surface area contributed by atoms with Gasteiger partial charge in [-0.25, -0.2) is 19.6 Å². The maximum absolute atomic E-state index is 10.4. The van der Waals surface area contributed by atoms with Gasteiger partial charge in [0.2, 0.25) is 0 Å². The number of carbonyl (C=O) groups is 2. The summed E-state index contributed by atoms with van der Waals surface area (Å²) in [5.74, 6) is -1.87. The van der Waals surface area contributed by atoms with Crippen LogP contribution in [0.1, 0.15) is 6.42 Å². The quantitative estimate of drug-likeness (QED) is 0.272. The molecule has 0 unspecified atom stereocenters. The fourth-order valence-corrected chi connectivity index (χ4v) is 1.64. The van der Waals surface area contributed by atoms with E-state index in [-0.39, 0.29) is 5.69 Å². The number of anilines is 1. The first-order chi connectivity index (χ1) is 12.4. The average molecular weight is 363 g/mol. The lowest BCUT2D eigenvalue weighted by Gasteiger charge is -2.05. The molecule has 0 amide bonds. The van der Waals surface area contributed by atoms with E-state index in [2.05, 4.69) is 15.3 Å². The van der Waals surface area contributed by atoms with Crippen molar-refractivity contribution in [2.45, 2.75) is 13.0 Å². The van der Waals surface area contributed by atoms with E-state index in [9.17, 15) is 19.7 Å². The molecule has 26 heavy (non-hydrogen) atoms. The summed E-state index contributed by atoms with van der Waals surface area (Å²) in [7, 11) is 0. The molecule has 0 saturated heterocycles. The topological polar surface area (TPSA) is 160 Å². The fraction of sp³-hybridized carbons (Fsp3) is 0.200. The summed E-state index contributed by atoms with van der Waals surface area (Å²) in [4.78, 5) is 37.0. The number of carboxylic acid groups (broad SMARTS) is 2. The Labute approximate surface area is 147 Å². The number of nitrogens with one attached hydrogen (secondary N) is 1. The number of nitro groups is 1. The maximum Gasteiger partial charge on any atom is 0.328 e. The first-order valence-corrected chi connectivity index (χ1v) is 7.32. The molecule has 0 aliphatic carbocycles. The van der Waals surface area contributed by atoms with Gasteiger partial charge < -0.3 is 20.1 Å². The van der Waals surface area contributed by atoms with Crippen LogP contribution in [0.3, 0.4) is 0 Å². The maximum atomic E-state index is 10.4. The highest BCUT2D eigenvalue weighted by molar-refractivity contribution is 5.89. The van der Waals surface area contributed by atoms with E-state index < -0.39 is 16.9 Å². The van der Waals surface area contributed by atoms with Crippen LogP contribution < -0.4 is 5.32 Å². The summed E-state index contributed by atoms with van der Waals surface area (Å²) in [5.41, 5.74) is -0.000958. The first-order valence-electron chi connectivity index (χ1n) is 7.32. The summed E-state index contributed by atoms with van der Waals surface area (Å²) in [6.45, 7) is 1.63. The number of imidazole rings is 1. The summed E-state index contributed by atoms with van der Waals surface area (Å²) in [6.07, 6.45) is 8.71. The second-order valence-electron chi connectivity index (χ2n) is 4.75. The number of aliphatic carboxylic acids is 2. The van der Waals surface area contributed by atoms with Gasteiger partial charge in [-0.2, -0.15) is 0 Å². The van der Waals surface area contributed by atoms with Crippen molar-refractivity contribution >= 4 is 23.4 Å². The van der Waals surface area contributed by atoms with Crippen LogP contribution in [0, 0.1) is 10.1 Å². The smallest absolute Gasteiger partial charge is 0.328 e. The number of carboxylic acids is 2. The largest absolute Gasteiger partial charge is 0.478 e. The van der Waals surface area contributed by atoms with Crippen LogP contribution in [-0.2, 0) is 16.1 Å². The van der Waals surface area contributed by atoms with Crippen molar-refractivity contribution in [3.63, 3.8) is 0 Å². The lowest BCUT2D eigenvalue weighted by Crippen LogP contribution is -2.06. The number of hydrogen-bond donors (Lipinski definition) is 3. The van der Waals surface area contributed by atoms with Crippen LogP contribution in [0.25, 0.3) is 0 Å². The molecular formula is C15H17N5O6. The minimum atomic E-state index is -1.26. The van der Waals surface area contributed by atoms with Crippen LogP contribution in [0.2, 0.25) is 0 Å². The predicted octanol–water partition coefficient (Wildman–Crippen LogP) is 1.40. The summed E-state index contributed by atoms with van der Waals surface area (Å²) >= 11 is 0. The number of rotatable bonds is 8. The molecule has 2 heterocycles. The van der Waals surface area contributed by atoms with E-state index in [1.807, 2.05) is 10.8 Å². The van der Waals surface area contributed by atoms with Crippen molar-refractivity contribution in [1.29, 1.82) is 0 Å². The van der Waals surface area contributed by atoms with Crippen LogP contribution in [0.15, 0.2) is 49.2 Å². The van der Waals surface area contributed by atoms with Gasteiger partial charge in [0.25, 0.3) is 5.69 Å². The van der Waals surface area contributed by atoms with Gasteiger partial charge in [-0.05, 0) is 12.5 Å². The van der Waals surface area contributed by atoms with Gasteiger partial charge in [0.1, 0.15) is 12.0 Å². The number of nitrogens with zero attached hydrogens (tertiary/aromatic N) is 4. The van der Waals surface area contributed by atoms with Gasteiger partial charge in [-0.15, -0.1) is 0 Å². The lowest BCUT2D eigenvalue weighted by molar-refractivity contribution is -0.385. The lowest BCUT2D eigenvalue weighted by atomic mass is 10.4. The summed E-state index contributed by atoms with van der Waals surface area (Å²) < 4.78 is 1.99. The van der Waals surface area contributed by atoms with Crippen molar-refractivity contribution in [3.8, 4) is 0 Å². The van der Waals surface area contributed by atoms with E-state index in [4.69, 9.17) is 10.2 Å². The van der Waals surface area contributed by atoms with Gasteiger partial charge in [0, 0.05) is 43.7 Å². The Hall–Kier alpha value is -3.76. The van der Waals surface area contributed by atoms with Gasteiger partial charge in [0.05, 0.1) is 11.3 Å². The Bertz CT molecular complexity index is 726. The van der Waals surface area contributed by atoms with Gasteiger partial charge in [-0.1, -0.05) is 0 Å². The zero-order chi connectivity index (χ0) is 19.4. The molecule has 2 aromatic rings. The second kappa shape index (κ2) is 10.9. The zero-order valence-electron chi connectivity index (χ0n) is 13.6. The molecule has 0 bridgehead atoms. The predicted molar refractivity (Wildman–Crippen MR) is 90.6 cm³/mol. The Morgan fingerprint density at radius 2 is 1.96 bits per heavy atom. The van der Waals surface area contributed by atoms with Crippen molar-refractivity contribution in [2.24, 2.45) is 0 Å². The van der Waals surface area contributed by atoms with Gasteiger partial charge in [0.15, 0.2) is 0 Å². The molecular weight excluding hydrogens is 346 g/mol. The highest BCUT2D eigenvalue weighted by atomic mass is 16.6. The molecule has 2 rings (SSSR count). The molecule has 3 N–H and O–H groups in total. The van der Waals surface area contributed by atoms with Crippen LogP contribution in [0.5, 0.6) is 0 Å². The van der Waals surface area contributed by atoms with E-state index >= 15 is 0 Å². The summed E-state index contributed by atoms with van der Waals surface area (Å²) in [5, 5.41) is 29.2. The molecule has 0 aliphatic rings. The van der Waals surface area contributed by atoms with Crippen molar-refractivity contribution in [1.82, 2.24) is 14.5 Å². The minimum absolute atomic E-state index is 0.000958. The standard InChI is InChI=1S/C11H13N5O2.C4H4O4/c17-16(18)10-2-3-11(14-8-10)13-4-1-6-15-7-5-12-9-15;5-3(6)1-2-4(7)8/h2-3,5,7-9H,1,4,6H2,(H,13,14);1-2H,(H,5,6)(H,7,8)/b;2-1-.